The third-order valence-electron chi connectivity index (χ3n) is 5.06. The second kappa shape index (κ2) is 17.5. The topological polar surface area (TPSA) is 24.1 Å². The van der Waals surface area contributed by atoms with Gasteiger partial charge in [0.2, 0.25) is 0 Å². The van der Waals surface area contributed by atoms with Gasteiger partial charge in [-0.1, -0.05) is 102 Å². The van der Waals surface area contributed by atoms with Crippen molar-refractivity contribution in [1.82, 2.24) is 10.6 Å². The van der Waals surface area contributed by atoms with Gasteiger partial charge in [0.1, 0.15) is 0 Å². The summed E-state index contributed by atoms with van der Waals surface area (Å²) in [5.74, 6) is 0. The number of unbranched alkanes of at least 4 members (excludes halogenated alkanes) is 10. The minimum Gasteiger partial charge on any atom is -0.313 e. The van der Waals surface area contributed by atoms with E-state index in [4.69, 9.17) is 0 Å². The third kappa shape index (κ3) is 13.4. The monoisotopic (exact) mass is 360 g/mol. The Bertz CT molecular complexity index is 381. The van der Waals surface area contributed by atoms with Gasteiger partial charge in [-0.3, -0.25) is 0 Å². The van der Waals surface area contributed by atoms with Crippen molar-refractivity contribution in [3.8, 4) is 0 Å². The summed E-state index contributed by atoms with van der Waals surface area (Å²) in [5, 5.41) is 7.20. The second-order valence-electron chi connectivity index (χ2n) is 7.71. The summed E-state index contributed by atoms with van der Waals surface area (Å²) in [5.41, 5.74) is 2.82. The van der Waals surface area contributed by atoms with Crippen LogP contribution in [0.15, 0.2) is 24.3 Å². The maximum absolute atomic E-state index is 3.60. The summed E-state index contributed by atoms with van der Waals surface area (Å²) in [7, 11) is 0. The summed E-state index contributed by atoms with van der Waals surface area (Å²) < 4.78 is 0. The highest BCUT2D eigenvalue weighted by Crippen LogP contribution is 2.07. The molecule has 0 amide bonds. The standard InChI is InChI=1S/C24H44N2/c1-3-5-7-9-11-13-18-25-21-23-16-15-17-24(20-23)22-26-19-14-12-10-8-6-4-2/h15-17,20,25-26H,3-14,18-19,21-22H2,1-2H3. The van der Waals surface area contributed by atoms with Crippen LogP contribution in [0.1, 0.15) is 102 Å². The number of rotatable bonds is 18. The molecule has 0 aliphatic carbocycles. The van der Waals surface area contributed by atoms with E-state index in [-0.39, 0.29) is 0 Å². The first kappa shape index (κ1) is 23.2. The van der Waals surface area contributed by atoms with Crippen LogP contribution in [0.3, 0.4) is 0 Å². The summed E-state index contributed by atoms with van der Waals surface area (Å²) in [4.78, 5) is 0. The van der Waals surface area contributed by atoms with Crippen LogP contribution in [0, 0.1) is 0 Å². The predicted molar refractivity (Wildman–Crippen MR) is 117 cm³/mol. The van der Waals surface area contributed by atoms with Crippen LogP contribution in [0.4, 0.5) is 0 Å². The van der Waals surface area contributed by atoms with E-state index >= 15 is 0 Å². The van der Waals surface area contributed by atoms with Gasteiger partial charge in [-0.05, 0) is 37.1 Å². The van der Waals surface area contributed by atoms with E-state index in [9.17, 15) is 0 Å². The van der Waals surface area contributed by atoms with Crippen molar-refractivity contribution in [2.45, 2.75) is 104 Å². The highest BCUT2D eigenvalue weighted by Gasteiger charge is 1.97. The quantitative estimate of drug-likeness (QED) is 0.289. The molecule has 1 aromatic rings. The Morgan fingerprint density at radius 1 is 0.577 bits per heavy atom. The molecule has 0 aromatic heterocycles. The first-order valence-electron chi connectivity index (χ1n) is 11.4. The van der Waals surface area contributed by atoms with Crippen LogP contribution in [-0.4, -0.2) is 13.1 Å². The molecular formula is C24H44N2. The maximum atomic E-state index is 3.60. The van der Waals surface area contributed by atoms with E-state index < -0.39 is 0 Å². The highest BCUT2D eigenvalue weighted by atomic mass is 14.9. The molecule has 0 fully saturated rings. The highest BCUT2D eigenvalue weighted by molar-refractivity contribution is 5.23. The number of hydrogen-bond donors (Lipinski definition) is 2. The van der Waals surface area contributed by atoms with Crippen LogP contribution >= 0.6 is 0 Å². The fourth-order valence-corrected chi connectivity index (χ4v) is 3.38. The molecule has 2 N–H and O–H groups in total. The van der Waals surface area contributed by atoms with Crippen molar-refractivity contribution in [1.29, 1.82) is 0 Å². The lowest BCUT2D eigenvalue weighted by molar-refractivity contribution is 0.569. The first-order chi connectivity index (χ1) is 12.9. The molecule has 0 aliphatic rings. The van der Waals surface area contributed by atoms with Crippen molar-refractivity contribution in [2.24, 2.45) is 0 Å². The van der Waals surface area contributed by atoms with Gasteiger partial charge < -0.3 is 10.6 Å². The van der Waals surface area contributed by atoms with Crippen molar-refractivity contribution in [3.05, 3.63) is 35.4 Å². The van der Waals surface area contributed by atoms with E-state index in [1.807, 2.05) is 0 Å². The lowest BCUT2D eigenvalue weighted by Crippen LogP contribution is -2.16. The molecule has 2 nitrogen and oxygen atoms in total. The van der Waals surface area contributed by atoms with Gasteiger partial charge in [0.15, 0.2) is 0 Å². The van der Waals surface area contributed by atoms with Crippen LogP contribution < -0.4 is 10.6 Å². The summed E-state index contributed by atoms with van der Waals surface area (Å²) in [6, 6.07) is 9.03. The Balaban J connectivity index is 2.03. The van der Waals surface area contributed by atoms with E-state index in [0.717, 1.165) is 26.2 Å². The van der Waals surface area contributed by atoms with E-state index in [0.29, 0.717) is 0 Å². The number of benzene rings is 1. The molecule has 0 saturated carbocycles. The molecule has 0 atom stereocenters. The predicted octanol–water partition coefficient (Wildman–Crippen LogP) is 6.59. The Morgan fingerprint density at radius 3 is 1.46 bits per heavy atom. The molecular weight excluding hydrogens is 316 g/mol. The second-order valence-corrected chi connectivity index (χ2v) is 7.71. The Morgan fingerprint density at radius 2 is 1.00 bits per heavy atom. The molecule has 0 aliphatic heterocycles. The maximum Gasteiger partial charge on any atom is 0.0205 e. The fourth-order valence-electron chi connectivity index (χ4n) is 3.38. The molecule has 0 heterocycles. The minimum absolute atomic E-state index is 1.00. The van der Waals surface area contributed by atoms with Gasteiger partial charge in [-0.15, -0.1) is 0 Å². The van der Waals surface area contributed by atoms with E-state index in [1.54, 1.807) is 0 Å². The summed E-state index contributed by atoms with van der Waals surface area (Å²) >= 11 is 0. The van der Waals surface area contributed by atoms with Crippen LogP contribution in [0.2, 0.25) is 0 Å². The van der Waals surface area contributed by atoms with Gasteiger partial charge in [0, 0.05) is 13.1 Å². The fraction of sp³-hybridized carbons (Fsp3) is 0.750. The van der Waals surface area contributed by atoms with E-state index in [1.165, 1.54) is 88.2 Å². The van der Waals surface area contributed by atoms with Gasteiger partial charge in [0.25, 0.3) is 0 Å². The van der Waals surface area contributed by atoms with Crippen molar-refractivity contribution < 1.29 is 0 Å². The molecule has 150 valence electrons. The average molecular weight is 361 g/mol. The van der Waals surface area contributed by atoms with E-state index in [2.05, 4.69) is 48.7 Å². The zero-order valence-corrected chi connectivity index (χ0v) is 17.6. The molecule has 1 aromatic carbocycles. The number of hydrogen-bond acceptors (Lipinski definition) is 2. The minimum atomic E-state index is 1.00. The molecule has 0 bridgehead atoms. The SMILES string of the molecule is CCCCCCCCNCc1cccc(CNCCCCCCCC)c1. The summed E-state index contributed by atoms with van der Waals surface area (Å²) in [6.07, 6.45) is 16.4. The summed E-state index contributed by atoms with van der Waals surface area (Å²) in [6.45, 7) is 8.85. The molecule has 1 rings (SSSR count). The lowest BCUT2D eigenvalue weighted by Gasteiger charge is -2.09. The molecule has 26 heavy (non-hydrogen) atoms. The van der Waals surface area contributed by atoms with Crippen molar-refractivity contribution in [3.63, 3.8) is 0 Å². The van der Waals surface area contributed by atoms with Gasteiger partial charge in [0.05, 0.1) is 0 Å². The smallest absolute Gasteiger partial charge is 0.0205 e. The van der Waals surface area contributed by atoms with Crippen LogP contribution in [-0.2, 0) is 13.1 Å². The van der Waals surface area contributed by atoms with Gasteiger partial charge >= 0.3 is 0 Å². The Kier molecular flexibility index (Phi) is 15.6. The lowest BCUT2D eigenvalue weighted by atomic mass is 10.1. The Labute approximate surface area is 163 Å². The average Bonchev–Trinajstić information content (AvgIpc) is 2.66. The third-order valence-corrected chi connectivity index (χ3v) is 5.06. The van der Waals surface area contributed by atoms with Gasteiger partial charge in [-0.2, -0.15) is 0 Å². The van der Waals surface area contributed by atoms with Crippen LogP contribution in [0.25, 0.3) is 0 Å². The molecule has 0 unspecified atom stereocenters. The largest absolute Gasteiger partial charge is 0.313 e. The van der Waals surface area contributed by atoms with Gasteiger partial charge in [-0.25, -0.2) is 0 Å². The normalized spacial score (nSPS) is 11.2. The number of nitrogens with one attached hydrogen (secondary N) is 2. The Hall–Kier alpha value is -0.860. The van der Waals surface area contributed by atoms with Crippen molar-refractivity contribution >= 4 is 0 Å². The molecule has 0 spiro atoms. The van der Waals surface area contributed by atoms with Crippen LogP contribution in [0.5, 0.6) is 0 Å². The molecule has 0 radical (unpaired) electrons. The first-order valence-corrected chi connectivity index (χ1v) is 11.4. The zero-order valence-electron chi connectivity index (χ0n) is 17.6. The van der Waals surface area contributed by atoms with Crippen molar-refractivity contribution in [2.75, 3.05) is 13.1 Å². The molecule has 2 heteroatoms. The molecule has 0 saturated heterocycles. The zero-order chi connectivity index (χ0) is 18.7.